The van der Waals surface area contributed by atoms with Crippen molar-refractivity contribution in [3.8, 4) is 0 Å². The number of benzene rings is 1. The molecule has 140 valence electrons. The Hall–Kier alpha value is -0.540. The van der Waals surface area contributed by atoms with Gasteiger partial charge < -0.3 is 10.6 Å². The molecule has 0 saturated heterocycles. The highest BCUT2D eigenvalue weighted by atomic mass is 127. The fourth-order valence-corrected chi connectivity index (χ4v) is 3.35. The van der Waals surface area contributed by atoms with Crippen molar-refractivity contribution < 1.29 is 0 Å². The number of nitrogens with one attached hydrogen (secondary N) is 2. The van der Waals surface area contributed by atoms with E-state index in [-0.39, 0.29) is 28.7 Å². The van der Waals surface area contributed by atoms with Crippen LogP contribution in [0.1, 0.15) is 32.2 Å². The van der Waals surface area contributed by atoms with Gasteiger partial charge in [0.15, 0.2) is 5.96 Å². The predicted molar refractivity (Wildman–Crippen MR) is 125 cm³/mol. The van der Waals surface area contributed by atoms with E-state index in [2.05, 4.69) is 60.8 Å². The lowest BCUT2D eigenvalue weighted by Crippen LogP contribution is -2.39. The molecule has 1 heterocycles. The summed E-state index contributed by atoms with van der Waals surface area (Å²) in [6, 6.07) is 8.33. The maximum absolute atomic E-state index is 4.70. The molecule has 0 aliphatic carbocycles. The van der Waals surface area contributed by atoms with Crippen molar-refractivity contribution in [3.05, 3.63) is 29.3 Å². The standard InChI is InChI=1S/C18H28N4S2.HI/c1-5-19-17(21-13-18(2,3)23-4)20-12-8-11-16-22-14-9-6-7-10-15(14)24-16;/h6-7,9-10H,5,8,11-13H2,1-4H3,(H2,19,20,21);1H. The van der Waals surface area contributed by atoms with Gasteiger partial charge in [0.1, 0.15) is 0 Å². The van der Waals surface area contributed by atoms with E-state index in [4.69, 9.17) is 4.99 Å². The number of aryl methyl sites for hydroxylation is 1. The van der Waals surface area contributed by atoms with Gasteiger partial charge in [-0.05, 0) is 45.6 Å². The normalized spacial score (nSPS) is 12.1. The number of rotatable bonds is 8. The molecule has 0 aliphatic heterocycles. The van der Waals surface area contributed by atoms with E-state index < -0.39 is 0 Å². The minimum absolute atomic E-state index is 0. The van der Waals surface area contributed by atoms with Gasteiger partial charge in [-0.2, -0.15) is 11.8 Å². The molecule has 1 aromatic heterocycles. The first-order chi connectivity index (χ1) is 11.5. The van der Waals surface area contributed by atoms with Gasteiger partial charge in [-0.1, -0.05) is 12.1 Å². The van der Waals surface area contributed by atoms with Crippen LogP contribution >= 0.6 is 47.1 Å². The summed E-state index contributed by atoms with van der Waals surface area (Å²) in [5, 5.41) is 7.96. The van der Waals surface area contributed by atoms with Crippen LogP contribution in [0.4, 0.5) is 0 Å². The van der Waals surface area contributed by atoms with Crippen LogP contribution in [0.2, 0.25) is 0 Å². The zero-order chi connectivity index (χ0) is 17.4. The Morgan fingerprint density at radius 2 is 2.04 bits per heavy atom. The quantitative estimate of drug-likeness (QED) is 0.246. The van der Waals surface area contributed by atoms with Crippen LogP contribution in [0.3, 0.4) is 0 Å². The Labute approximate surface area is 176 Å². The lowest BCUT2D eigenvalue weighted by atomic mass is 10.2. The molecule has 4 nitrogen and oxygen atoms in total. The Balaban J connectivity index is 0.00000312. The van der Waals surface area contributed by atoms with Crippen LogP contribution in [-0.2, 0) is 6.42 Å². The van der Waals surface area contributed by atoms with E-state index in [9.17, 15) is 0 Å². The molecule has 0 saturated carbocycles. The van der Waals surface area contributed by atoms with E-state index in [0.29, 0.717) is 0 Å². The summed E-state index contributed by atoms with van der Waals surface area (Å²) in [7, 11) is 0. The molecular formula is C18H29IN4S2. The molecule has 25 heavy (non-hydrogen) atoms. The van der Waals surface area contributed by atoms with Crippen LogP contribution < -0.4 is 10.6 Å². The molecule has 0 aliphatic rings. The molecule has 0 atom stereocenters. The van der Waals surface area contributed by atoms with Gasteiger partial charge in [-0.15, -0.1) is 35.3 Å². The van der Waals surface area contributed by atoms with Gasteiger partial charge in [0, 0.05) is 24.3 Å². The van der Waals surface area contributed by atoms with E-state index in [1.165, 1.54) is 9.71 Å². The average molecular weight is 492 g/mol. The summed E-state index contributed by atoms with van der Waals surface area (Å²) >= 11 is 3.64. The van der Waals surface area contributed by atoms with Crippen molar-refractivity contribution in [2.45, 2.75) is 38.4 Å². The van der Waals surface area contributed by atoms with Gasteiger partial charge >= 0.3 is 0 Å². The predicted octanol–water partition coefficient (Wildman–Crippen LogP) is 4.54. The Kier molecular flexibility index (Phi) is 10.1. The minimum atomic E-state index is 0. The number of fused-ring (bicyclic) bond motifs is 1. The molecule has 0 radical (unpaired) electrons. The van der Waals surface area contributed by atoms with Crippen LogP contribution in [-0.4, -0.2) is 41.6 Å². The van der Waals surface area contributed by atoms with E-state index in [1.807, 2.05) is 17.8 Å². The van der Waals surface area contributed by atoms with Crippen molar-refractivity contribution in [2.24, 2.45) is 4.99 Å². The number of hydrogen-bond acceptors (Lipinski definition) is 4. The van der Waals surface area contributed by atoms with Crippen molar-refractivity contribution in [1.82, 2.24) is 15.6 Å². The maximum Gasteiger partial charge on any atom is 0.191 e. The number of nitrogens with zero attached hydrogens (tertiary/aromatic N) is 2. The van der Waals surface area contributed by atoms with E-state index >= 15 is 0 Å². The number of thioether (sulfide) groups is 1. The first-order valence-electron chi connectivity index (χ1n) is 8.46. The summed E-state index contributed by atoms with van der Waals surface area (Å²) in [5.74, 6) is 0.906. The third-order valence-corrected chi connectivity index (χ3v) is 6.04. The highest BCUT2D eigenvalue weighted by Crippen LogP contribution is 2.22. The molecule has 2 N–H and O–H groups in total. The Morgan fingerprint density at radius 1 is 1.28 bits per heavy atom. The summed E-state index contributed by atoms with van der Waals surface area (Å²) in [6.45, 7) is 9.12. The lowest BCUT2D eigenvalue weighted by Gasteiger charge is -2.20. The van der Waals surface area contributed by atoms with Crippen molar-refractivity contribution in [1.29, 1.82) is 0 Å². The van der Waals surface area contributed by atoms with Crippen LogP contribution in [0.25, 0.3) is 10.2 Å². The molecule has 2 aromatic rings. The van der Waals surface area contributed by atoms with Gasteiger partial charge in [0.05, 0.1) is 21.8 Å². The van der Waals surface area contributed by atoms with Crippen LogP contribution in [0.5, 0.6) is 0 Å². The van der Waals surface area contributed by atoms with Crippen LogP contribution in [0.15, 0.2) is 29.3 Å². The van der Waals surface area contributed by atoms with Crippen molar-refractivity contribution in [2.75, 3.05) is 25.9 Å². The summed E-state index contributed by atoms with van der Waals surface area (Å²) in [5.41, 5.74) is 1.11. The molecule has 0 fully saturated rings. The summed E-state index contributed by atoms with van der Waals surface area (Å²) in [4.78, 5) is 9.38. The molecular weight excluding hydrogens is 463 g/mol. The highest BCUT2D eigenvalue weighted by molar-refractivity contribution is 14.0. The maximum atomic E-state index is 4.70. The number of aromatic nitrogens is 1. The number of guanidine groups is 1. The van der Waals surface area contributed by atoms with Crippen LogP contribution in [0, 0.1) is 0 Å². The second-order valence-electron chi connectivity index (χ2n) is 6.26. The second kappa shape index (κ2) is 11.2. The van der Waals surface area contributed by atoms with Gasteiger partial charge in [-0.3, -0.25) is 4.99 Å². The molecule has 2 rings (SSSR count). The van der Waals surface area contributed by atoms with Crippen molar-refractivity contribution >= 4 is 63.3 Å². The zero-order valence-corrected chi connectivity index (χ0v) is 19.4. The molecule has 7 heteroatoms. The largest absolute Gasteiger partial charge is 0.357 e. The van der Waals surface area contributed by atoms with E-state index in [1.54, 1.807) is 11.3 Å². The van der Waals surface area contributed by atoms with Gasteiger partial charge in [0.25, 0.3) is 0 Å². The minimum Gasteiger partial charge on any atom is -0.357 e. The third kappa shape index (κ3) is 7.70. The summed E-state index contributed by atoms with van der Waals surface area (Å²) in [6.07, 6.45) is 4.19. The zero-order valence-electron chi connectivity index (χ0n) is 15.5. The molecule has 0 spiro atoms. The number of halogens is 1. The molecule has 0 unspecified atom stereocenters. The number of hydrogen-bond donors (Lipinski definition) is 2. The molecule has 1 aromatic carbocycles. The number of aliphatic imine (C=N–C) groups is 1. The lowest BCUT2D eigenvalue weighted by molar-refractivity contribution is 0.701. The van der Waals surface area contributed by atoms with Crippen molar-refractivity contribution in [3.63, 3.8) is 0 Å². The van der Waals surface area contributed by atoms with Gasteiger partial charge in [-0.25, -0.2) is 4.98 Å². The first-order valence-corrected chi connectivity index (χ1v) is 10.5. The van der Waals surface area contributed by atoms with E-state index in [0.717, 1.165) is 44.0 Å². The van der Waals surface area contributed by atoms with Gasteiger partial charge in [0.2, 0.25) is 0 Å². The average Bonchev–Trinajstić information content (AvgIpc) is 2.99. The smallest absolute Gasteiger partial charge is 0.191 e. The Morgan fingerprint density at radius 3 is 2.72 bits per heavy atom. The second-order valence-corrected chi connectivity index (χ2v) is 8.89. The first kappa shape index (κ1) is 22.5. The highest BCUT2D eigenvalue weighted by Gasteiger charge is 2.15. The topological polar surface area (TPSA) is 49.3 Å². The summed E-state index contributed by atoms with van der Waals surface area (Å²) < 4.78 is 1.44. The third-order valence-electron chi connectivity index (χ3n) is 3.71. The fourth-order valence-electron chi connectivity index (χ4n) is 2.15. The molecule has 0 bridgehead atoms. The monoisotopic (exact) mass is 492 g/mol. The SMILES string of the molecule is CCNC(=NCC(C)(C)SC)NCCCc1nc2ccccc2s1.I. The molecule has 0 amide bonds. The number of para-hydroxylation sites is 1. The number of thiazole rings is 1. The fraction of sp³-hybridized carbons (Fsp3) is 0.556. The Bertz CT molecular complexity index is 637.